The summed E-state index contributed by atoms with van der Waals surface area (Å²) in [5, 5.41) is 0.507. The summed E-state index contributed by atoms with van der Waals surface area (Å²) in [6.07, 6.45) is 0.280. The van der Waals surface area contributed by atoms with Gasteiger partial charge in [0.2, 0.25) is 0 Å². The zero-order valence-corrected chi connectivity index (χ0v) is 11.1. The van der Waals surface area contributed by atoms with Crippen molar-refractivity contribution in [2.75, 3.05) is 5.33 Å². The zero-order valence-electron chi connectivity index (χ0n) is 8.76. The van der Waals surface area contributed by atoms with Gasteiger partial charge < -0.3 is 4.74 Å². The van der Waals surface area contributed by atoms with Crippen LogP contribution in [0.15, 0.2) is 18.2 Å². The molecule has 1 aromatic carbocycles. The quantitative estimate of drug-likeness (QED) is 0.583. The minimum Gasteiger partial charge on any atom is -0.434 e. The topological polar surface area (TPSA) is 26.3 Å². The fourth-order valence-corrected chi connectivity index (χ4v) is 2.03. The number of carbonyl (C=O) groups excluding carboxylic acids is 1. The number of benzene rings is 1. The van der Waals surface area contributed by atoms with Gasteiger partial charge in [0.15, 0.2) is 5.78 Å². The second kappa shape index (κ2) is 6.91. The van der Waals surface area contributed by atoms with Crippen LogP contribution >= 0.6 is 27.5 Å². The van der Waals surface area contributed by atoms with Crippen molar-refractivity contribution in [2.45, 2.75) is 18.9 Å². The Labute approximate surface area is 111 Å². The van der Waals surface area contributed by atoms with Crippen molar-refractivity contribution in [2.24, 2.45) is 0 Å². The van der Waals surface area contributed by atoms with Gasteiger partial charge in [-0.3, -0.25) is 4.79 Å². The predicted octanol–water partition coefficient (Wildman–Crippen LogP) is 3.99. The van der Waals surface area contributed by atoms with Crippen LogP contribution in [0.5, 0.6) is 5.75 Å². The van der Waals surface area contributed by atoms with Crippen molar-refractivity contribution in [1.29, 1.82) is 0 Å². The van der Waals surface area contributed by atoms with E-state index in [2.05, 4.69) is 20.7 Å². The molecule has 0 atom stereocenters. The summed E-state index contributed by atoms with van der Waals surface area (Å²) >= 11 is 8.82. The first-order valence-electron chi connectivity index (χ1n) is 4.82. The molecule has 0 unspecified atom stereocenters. The fraction of sp³-hybridized carbons (Fsp3) is 0.364. The van der Waals surface area contributed by atoms with Crippen LogP contribution < -0.4 is 4.74 Å². The van der Waals surface area contributed by atoms with Crippen LogP contribution in [0.1, 0.15) is 22.3 Å². The van der Waals surface area contributed by atoms with Crippen LogP contribution in [-0.4, -0.2) is 17.7 Å². The number of Topliss-reactive ketones (excluding diaryl/α,β-unsaturated/α-hetero) is 1. The molecular formula is C11H10BrClF2O2. The summed E-state index contributed by atoms with van der Waals surface area (Å²) in [6, 6.07) is 4.42. The largest absolute Gasteiger partial charge is 0.434 e. The molecule has 0 heterocycles. The summed E-state index contributed by atoms with van der Waals surface area (Å²) in [7, 11) is 0. The first-order valence-corrected chi connectivity index (χ1v) is 6.47. The van der Waals surface area contributed by atoms with Gasteiger partial charge in [-0.2, -0.15) is 8.78 Å². The molecule has 0 saturated heterocycles. The van der Waals surface area contributed by atoms with Crippen molar-refractivity contribution in [3.63, 3.8) is 0 Å². The zero-order chi connectivity index (χ0) is 12.8. The number of hydrogen-bond acceptors (Lipinski definition) is 2. The SMILES string of the molecule is O=C(CCBr)c1cccc(OC(F)F)c1CCl. The number of ether oxygens (including phenoxy) is 1. The fourth-order valence-electron chi connectivity index (χ4n) is 1.39. The van der Waals surface area contributed by atoms with E-state index in [-0.39, 0.29) is 23.8 Å². The Balaban J connectivity index is 3.09. The summed E-state index contributed by atoms with van der Waals surface area (Å²) in [6.45, 7) is -2.93. The molecule has 2 nitrogen and oxygen atoms in total. The van der Waals surface area contributed by atoms with Gasteiger partial charge in [-0.1, -0.05) is 28.1 Å². The molecule has 94 valence electrons. The molecule has 0 saturated carbocycles. The van der Waals surface area contributed by atoms with E-state index >= 15 is 0 Å². The predicted molar refractivity (Wildman–Crippen MR) is 65.4 cm³/mol. The number of rotatable bonds is 6. The number of hydrogen-bond donors (Lipinski definition) is 0. The average Bonchev–Trinajstić information content (AvgIpc) is 2.28. The Morgan fingerprint density at radius 2 is 2.18 bits per heavy atom. The van der Waals surface area contributed by atoms with Gasteiger partial charge in [-0.15, -0.1) is 11.6 Å². The Bertz CT molecular complexity index is 399. The first-order chi connectivity index (χ1) is 8.10. The molecule has 17 heavy (non-hydrogen) atoms. The monoisotopic (exact) mass is 326 g/mol. The standard InChI is InChI=1S/C11H10BrClF2O2/c12-5-4-9(16)7-2-1-3-10(8(7)6-13)17-11(14)15/h1-3,11H,4-6H2. The van der Waals surface area contributed by atoms with E-state index in [1.54, 1.807) is 6.07 Å². The van der Waals surface area contributed by atoms with E-state index in [0.717, 1.165) is 0 Å². The molecule has 0 N–H and O–H groups in total. The first kappa shape index (κ1) is 14.4. The average molecular weight is 328 g/mol. The van der Waals surface area contributed by atoms with Gasteiger partial charge >= 0.3 is 6.61 Å². The third-order valence-electron chi connectivity index (χ3n) is 2.10. The highest BCUT2D eigenvalue weighted by Gasteiger charge is 2.16. The maximum atomic E-state index is 12.2. The second-order valence-corrected chi connectivity index (χ2v) is 4.22. The normalized spacial score (nSPS) is 10.6. The van der Waals surface area contributed by atoms with Crippen LogP contribution in [0.4, 0.5) is 8.78 Å². The van der Waals surface area contributed by atoms with Crippen molar-refractivity contribution < 1.29 is 18.3 Å². The highest BCUT2D eigenvalue weighted by molar-refractivity contribution is 9.09. The number of carbonyl (C=O) groups is 1. The van der Waals surface area contributed by atoms with E-state index < -0.39 is 6.61 Å². The minimum atomic E-state index is -2.93. The van der Waals surface area contributed by atoms with E-state index in [1.807, 2.05) is 0 Å². The van der Waals surface area contributed by atoms with Gasteiger partial charge in [0.25, 0.3) is 0 Å². The molecular weight excluding hydrogens is 317 g/mol. The van der Waals surface area contributed by atoms with Gasteiger partial charge in [0.1, 0.15) is 5.75 Å². The lowest BCUT2D eigenvalue weighted by Crippen LogP contribution is -2.09. The van der Waals surface area contributed by atoms with E-state index in [1.165, 1.54) is 12.1 Å². The lowest BCUT2D eigenvalue weighted by atomic mass is 10.0. The molecule has 1 aromatic rings. The van der Waals surface area contributed by atoms with Crippen LogP contribution in [0.3, 0.4) is 0 Å². The van der Waals surface area contributed by atoms with Crippen LogP contribution in [0.2, 0.25) is 0 Å². The molecule has 0 fully saturated rings. The molecule has 0 aliphatic carbocycles. The van der Waals surface area contributed by atoms with Crippen molar-refractivity contribution in [1.82, 2.24) is 0 Å². The molecule has 0 aliphatic heterocycles. The molecule has 0 aliphatic rings. The third kappa shape index (κ3) is 3.92. The minimum absolute atomic E-state index is 0.0459. The Hall–Kier alpha value is -0.680. The van der Waals surface area contributed by atoms with Gasteiger partial charge in [0, 0.05) is 22.9 Å². The smallest absolute Gasteiger partial charge is 0.387 e. The lowest BCUT2D eigenvalue weighted by molar-refractivity contribution is -0.0503. The van der Waals surface area contributed by atoms with Crippen molar-refractivity contribution in [3.8, 4) is 5.75 Å². The van der Waals surface area contributed by atoms with Crippen LogP contribution in [-0.2, 0) is 5.88 Å². The van der Waals surface area contributed by atoms with Gasteiger partial charge in [-0.25, -0.2) is 0 Å². The Morgan fingerprint density at radius 3 is 2.71 bits per heavy atom. The second-order valence-electron chi connectivity index (χ2n) is 3.16. The summed E-state index contributed by atoms with van der Waals surface area (Å²) in [5.74, 6) is -0.251. The lowest BCUT2D eigenvalue weighted by Gasteiger charge is -2.12. The summed E-state index contributed by atoms with van der Waals surface area (Å²) < 4.78 is 28.6. The van der Waals surface area contributed by atoms with Gasteiger partial charge in [0.05, 0.1) is 5.88 Å². The van der Waals surface area contributed by atoms with Crippen molar-refractivity contribution in [3.05, 3.63) is 29.3 Å². The molecule has 0 aromatic heterocycles. The number of alkyl halides is 4. The maximum absolute atomic E-state index is 12.2. The highest BCUT2D eigenvalue weighted by atomic mass is 79.9. The third-order valence-corrected chi connectivity index (χ3v) is 2.77. The Kier molecular flexibility index (Phi) is 5.85. The molecule has 1 rings (SSSR count). The van der Waals surface area contributed by atoms with Gasteiger partial charge in [-0.05, 0) is 6.07 Å². The highest BCUT2D eigenvalue weighted by Crippen LogP contribution is 2.27. The molecule has 6 heteroatoms. The number of halogens is 4. The summed E-state index contributed by atoms with van der Waals surface area (Å²) in [4.78, 5) is 11.7. The molecule has 0 radical (unpaired) electrons. The summed E-state index contributed by atoms with van der Waals surface area (Å²) in [5.41, 5.74) is 0.637. The van der Waals surface area contributed by atoms with Crippen molar-refractivity contribution >= 4 is 33.3 Å². The van der Waals surface area contributed by atoms with E-state index in [4.69, 9.17) is 11.6 Å². The van der Waals surface area contributed by atoms with E-state index in [9.17, 15) is 13.6 Å². The molecule has 0 spiro atoms. The molecule has 0 bridgehead atoms. The van der Waals surface area contributed by atoms with Crippen LogP contribution in [0.25, 0.3) is 0 Å². The Morgan fingerprint density at radius 1 is 1.47 bits per heavy atom. The van der Waals surface area contributed by atoms with E-state index in [0.29, 0.717) is 16.5 Å². The maximum Gasteiger partial charge on any atom is 0.387 e. The van der Waals surface area contributed by atoms with Crippen LogP contribution in [0, 0.1) is 0 Å². The number of ketones is 1. The molecule has 0 amide bonds.